The lowest BCUT2D eigenvalue weighted by Gasteiger charge is -2.45. The van der Waals surface area contributed by atoms with E-state index < -0.39 is 5.41 Å². The molecule has 0 unspecified atom stereocenters. The third-order valence-corrected chi connectivity index (χ3v) is 14.1. The predicted molar refractivity (Wildman–Crippen MR) is 280 cm³/mol. The van der Waals surface area contributed by atoms with E-state index in [2.05, 4.69) is 277 Å². The highest BCUT2D eigenvalue weighted by atomic mass is 15.2. The van der Waals surface area contributed by atoms with Gasteiger partial charge in [-0.1, -0.05) is 212 Å². The monoisotopic (exact) mass is 852 g/mol. The van der Waals surface area contributed by atoms with E-state index in [1.165, 1.54) is 77.8 Å². The molecule has 2 aliphatic rings. The first-order valence-electron chi connectivity index (χ1n) is 23.2. The lowest BCUT2D eigenvalue weighted by Crippen LogP contribution is -2.36. The number of nitrogens with zero attached hydrogens (tertiary/aromatic N) is 2. The van der Waals surface area contributed by atoms with Crippen molar-refractivity contribution in [3.8, 4) is 44.5 Å². The normalized spacial score (nSPS) is 12.9. The van der Waals surface area contributed by atoms with Gasteiger partial charge in [0, 0.05) is 22.5 Å². The molecule has 0 saturated heterocycles. The van der Waals surface area contributed by atoms with Crippen molar-refractivity contribution in [2.24, 2.45) is 0 Å². The summed E-state index contributed by atoms with van der Waals surface area (Å²) in [4.78, 5) is 4.97. The maximum absolute atomic E-state index is 2.52. The third-order valence-electron chi connectivity index (χ3n) is 14.1. The van der Waals surface area contributed by atoms with Crippen molar-refractivity contribution < 1.29 is 0 Å². The molecule has 314 valence electrons. The van der Waals surface area contributed by atoms with Gasteiger partial charge in [-0.25, -0.2) is 0 Å². The van der Waals surface area contributed by atoms with Gasteiger partial charge in [0.05, 0.1) is 28.2 Å². The highest BCUT2D eigenvalue weighted by Gasteiger charge is 2.52. The number of fused-ring (bicyclic) bond motifs is 10. The van der Waals surface area contributed by atoms with Crippen LogP contribution >= 0.6 is 0 Å². The van der Waals surface area contributed by atoms with Crippen LogP contribution in [0.5, 0.6) is 0 Å². The van der Waals surface area contributed by atoms with Gasteiger partial charge in [0.25, 0.3) is 0 Å². The molecular weight excluding hydrogens is 809 g/mol. The summed E-state index contributed by atoms with van der Waals surface area (Å²) < 4.78 is 0. The summed E-state index contributed by atoms with van der Waals surface area (Å²) in [6.07, 6.45) is 0. The maximum atomic E-state index is 2.52. The minimum atomic E-state index is -0.589. The van der Waals surface area contributed by atoms with Crippen LogP contribution in [0.4, 0.5) is 34.1 Å². The summed E-state index contributed by atoms with van der Waals surface area (Å²) in [6, 6.07) is 98.2. The van der Waals surface area contributed by atoms with Gasteiger partial charge in [-0.2, -0.15) is 0 Å². The molecule has 11 aromatic carbocycles. The second kappa shape index (κ2) is 15.8. The minimum absolute atomic E-state index is 0.589. The van der Waals surface area contributed by atoms with E-state index in [-0.39, 0.29) is 0 Å². The molecule has 1 aliphatic carbocycles. The van der Waals surface area contributed by atoms with Crippen LogP contribution in [-0.2, 0) is 5.41 Å². The Hall–Kier alpha value is -8.72. The molecule has 1 aliphatic heterocycles. The largest absolute Gasteiger partial charge is 0.310 e. The van der Waals surface area contributed by atoms with E-state index in [4.69, 9.17) is 0 Å². The smallest absolute Gasteiger partial charge is 0.0755 e. The van der Waals surface area contributed by atoms with Crippen molar-refractivity contribution in [2.45, 2.75) is 5.41 Å². The second-order valence-electron chi connectivity index (χ2n) is 17.6. The van der Waals surface area contributed by atoms with Crippen LogP contribution in [0.15, 0.2) is 267 Å². The Morgan fingerprint density at radius 2 is 0.836 bits per heavy atom. The molecule has 0 saturated carbocycles. The van der Waals surface area contributed by atoms with Crippen molar-refractivity contribution >= 4 is 44.9 Å². The van der Waals surface area contributed by atoms with E-state index in [1.807, 2.05) is 0 Å². The number of para-hydroxylation sites is 4. The average molecular weight is 853 g/mol. The molecule has 13 rings (SSSR count). The number of benzene rings is 11. The van der Waals surface area contributed by atoms with E-state index in [1.54, 1.807) is 0 Å². The zero-order chi connectivity index (χ0) is 44.3. The molecule has 67 heavy (non-hydrogen) atoms. The van der Waals surface area contributed by atoms with Crippen LogP contribution < -0.4 is 9.80 Å². The van der Waals surface area contributed by atoms with Crippen molar-refractivity contribution in [1.82, 2.24) is 0 Å². The van der Waals surface area contributed by atoms with E-state index in [0.29, 0.717) is 0 Å². The highest BCUT2D eigenvalue weighted by molar-refractivity contribution is 6.03. The molecule has 0 aromatic heterocycles. The first kappa shape index (κ1) is 38.7. The van der Waals surface area contributed by atoms with E-state index >= 15 is 0 Å². The Morgan fingerprint density at radius 3 is 1.61 bits per heavy atom. The van der Waals surface area contributed by atoms with Crippen molar-refractivity contribution in [2.75, 3.05) is 9.80 Å². The Bertz CT molecular complexity index is 3590. The van der Waals surface area contributed by atoms with Crippen LogP contribution in [0, 0.1) is 0 Å². The summed E-state index contributed by atoms with van der Waals surface area (Å²) in [5.41, 5.74) is 21.0. The molecule has 2 heteroatoms. The zero-order valence-electron chi connectivity index (χ0n) is 36.8. The SMILES string of the molecule is c1ccc(-c2cccc(-c3ccccc3N(c3ccc(-c4cccc5ccccc45)cc3)c3cccc4c3-c3ccccc3C43c4ccccc4N(c4ccccc4)c4ccccc43)c2)cc1. The van der Waals surface area contributed by atoms with Crippen LogP contribution in [0.2, 0.25) is 0 Å². The summed E-state index contributed by atoms with van der Waals surface area (Å²) >= 11 is 0. The van der Waals surface area contributed by atoms with Crippen molar-refractivity contribution in [3.63, 3.8) is 0 Å². The number of rotatable bonds is 7. The Morgan fingerprint density at radius 1 is 0.313 bits per heavy atom. The number of hydrogen-bond donors (Lipinski definition) is 0. The van der Waals surface area contributed by atoms with Gasteiger partial charge >= 0.3 is 0 Å². The van der Waals surface area contributed by atoms with E-state index in [0.717, 1.165) is 33.9 Å². The molecule has 0 N–H and O–H groups in total. The number of anilines is 6. The van der Waals surface area contributed by atoms with Crippen LogP contribution in [0.3, 0.4) is 0 Å². The fourth-order valence-electron chi connectivity index (χ4n) is 11.3. The summed E-state index contributed by atoms with van der Waals surface area (Å²) in [6.45, 7) is 0. The molecule has 0 fully saturated rings. The standard InChI is InChI=1S/C65H44N2/c1-3-20-45(21-4-1)48-24-17-25-49(44-48)54-29-10-14-36-60(54)66(51-42-40-47(41-43-51)53-31-18-23-46-22-7-8-28-52(46)53)63-39-19-35-59-64(63)55-30-9-11-32-56(55)65(59)57-33-12-15-37-61(57)67(50-26-5-2-6-27-50)62-38-16-13-34-58(62)65/h1-44H. The lowest BCUT2D eigenvalue weighted by molar-refractivity contribution is 0.752. The van der Waals surface area contributed by atoms with Crippen molar-refractivity contribution in [3.05, 3.63) is 289 Å². The third kappa shape index (κ3) is 6.04. The van der Waals surface area contributed by atoms with Crippen LogP contribution in [0.25, 0.3) is 55.3 Å². The molecule has 0 radical (unpaired) electrons. The average Bonchev–Trinajstić information content (AvgIpc) is 3.71. The van der Waals surface area contributed by atoms with Crippen molar-refractivity contribution in [1.29, 1.82) is 0 Å². The Balaban J connectivity index is 1.07. The quantitative estimate of drug-likeness (QED) is 0.158. The maximum Gasteiger partial charge on any atom is 0.0755 e. The van der Waals surface area contributed by atoms with Gasteiger partial charge in [-0.15, -0.1) is 0 Å². The van der Waals surface area contributed by atoms with Gasteiger partial charge in [-0.3, -0.25) is 0 Å². The van der Waals surface area contributed by atoms with Gasteiger partial charge < -0.3 is 9.80 Å². The summed E-state index contributed by atoms with van der Waals surface area (Å²) in [5.74, 6) is 0. The van der Waals surface area contributed by atoms with Crippen LogP contribution in [-0.4, -0.2) is 0 Å². The second-order valence-corrected chi connectivity index (χ2v) is 17.6. The molecular formula is C65H44N2. The number of hydrogen-bond acceptors (Lipinski definition) is 2. The zero-order valence-corrected chi connectivity index (χ0v) is 36.8. The molecule has 1 heterocycles. The molecule has 1 spiro atoms. The highest BCUT2D eigenvalue weighted by Crippen LogP contribution is 2.65. The van der Waals surface area contributed by atoms with E-state index in [9.17, 15) is 0 Å². The summed E-state index contributed by atoms with van der Waals surface area (Å²) in [5, 5.41) is 2.49. The topological polar surface area (TPSA) is 6.48 Å². The fraction of sp³-hybridized carbons (Fsp3) is 0.0154. The first-order chi connectivity index (χ1) is 33.3. The molecule has 0 amide bonds. The molecule has 0 bridgehead atoms. The van der Waals surface area contributed by atoms with Gasteiger partial charge in [0.2, 0.25) is 0 Å². The van der Waals surface area contributed by atoms with Gasteiger partial charge in [0.1, 0.15) is 0 Å². The Labute approximate surface area is 391 Å². The minimum Gasteiger partial charge on any atom is -0.310 e. The van der Waals surface area contributed by atoms with Gasteiger partial charge in [0.15, 0.2) is 0 Å². The van der Waals surface area contributed by atoms with Crippen LogP contribution in [0.1, 0.15) is 22.3 Å². The first-order valence-corrected chi connectivity index (χ1v) is 23.2. The fourth-order valence-corrected chi connectivity index (χ4v) is 11.3. The van der Waals surface area contributed by atoms with Gasteiger partial charge in [-0.05, 0) is 121 Å². The lowest BCUT2D eigenvalue weighted by atomic mass is 9.64. The summed E-state index contributed by atoms with van der Waals surface area (Å²) in [7, 11) is 0. The predicted octanol–water partition coefficient (Wildman–Crippen LogP) is 17.5. The Kier molecular flexibility index (Phi) is 9.11. The molecule has 11 aromatic rings. The molecule has 0 atom stereocenters. The molecule has 2 nitrogen and oxygen atoms in total.